The van der Waals surface area contributed by atoms with Gasteiger partial charge in [-0.2, -0.15) is 0 Å². The van der Waals surface area contributed by atoms with E-state index in [1.807, 2.05) is 36.6 Å². The SMILES string of the molecule is [C-]#[N+]C1C[C@]2(C)C3CC(c4ccoc4)=C4[C@@H]5CC(C)(C)CC[C@]5(C(=O)OCc5ccccc5)CC[C@@]4(C)[C@]3(C)CC[C@H]2C(C)(C)C1=O. The summed E-state index contributed by atoms with van der Waals surface area (Å²) in [4.78, 5) is 32.1. The van der Waals surface area contributed by atoms with Gasteiger partial charge in [0.15, 0.2) is 0 Å². The van der Waals surface area contributed by atoms with Crippen molar-refractivity contribution in [3.05, 3.63) is 77.0 Å². The Bertz CT molecular complexity index is 1640. The largest absolute Gasteiger partial charge is 0.472 e. The van der Waals surface area contributed by atoms with Crippen LogP contribution in [0, 0.1) is 56.8 Å². The minimum atomic E-state index is -0.582. The Morgan fingerprint density at radius 3 is 2.34 bits per heavy atom. The summed E-state index contributed by atoms with van der Waals surface area (Å²) in [7, 11) is 0. The summed E-state index contributed by atoms with van der Waals surface area (Å²) in [6.45, 7) is 24.8. The van der Waals surface area contributed by atoms with Crippen molar-refractivity contribution < 1.29 is 18.7 Å². The van der Waals surface area contributed by atoms with E-state index in [-0.39, 0.29) is 45.2 Å². The third-order valence-corrected chi connectivity index (χ3v) is 15.1. The van der Waals surface area contributed by atoms with Gasteiger partial charge in [0.25, 0.3) is 6.04 Å². The maximum absolute atomic E-state index is 14.6. The number of ether oxygens (including phenoxy) is 1. The summed E-state index contributed by atoms with van der Waals surface area (Å²) in [5.41, 5.74) is 3.68. The first-order chi connectivity index (χ1) is 22.1. The van der Waals surface area contributed by atoms with Gasteiger partial charge in [0.05, 0.1) is 17.9 Å². The number of carbonyl (C=O) groups is 2. The van der Waals surface area contributed by atoms with E-state index in [4.69, 9.17) is 15.7 Å². The highest BCUT2D eigenvalue weighted by Crippen LogP contribution is 2.77. The van der Waals surface area contributed by atoms with Crippen LogP contribution in [0.1, 0.15) is 117 Å². The van der Waals surface area contributed by atoms with E-state index in [9.17, 15) is 9.59 Å². The molecular weight excluding hydrogens is 582 g/mol. The molecule has 2 aromatic rings. The number of ketones is 1. The van der Waals surface area contributed by atoms with E-state index in [1.54, 1.807) is 6.26 Å². The minimum absolute atomic E-state index is 0.0293. The molecule has 0 N–H and O–H groups in total. The van der Waals surface area contributed by atoms with Crippen molar-refractivity contribution in [2.45, 2.75) is 119 Å². The monoisotopic (exact) mass is 635 g/mol. The molecule has 250 valence electrons. The highest BCUT2D eigenvalue weighted by atomic mass is 16.5. The molecule has 0 radical (unpaired) electrons. The van der Waals surface area contributed by atoms with Gasteiger partial charge in [-0.15, -0.1) is 0 Å². The first kappa shape index (κ1) is 32.4. The fourth-order valence-corrected chi connectivity index (χ4v) is 12.4. The second-order valence-corrected chi connectivity index (χ2v) is 18.1. The molecule has 4 fully saturated rings. The molecule has 1 aromatic carbocycles. The normalized spacial score (nSPS) is 40.3. The zero-order chi connectivity index (χ0) is 33.6. The van der Waals surface area contributed by atoms with Crippen LogP contribution in [0.25, 0.3) is 10.4 Å². The van der Waals surface area contributed by atoms with Crippen LogP contribution < -0.4 is 0 Å². The summed E-state index contributed by atoms with van der Waals surface area (Å²) in [5.74, 6) is 0.727. The van der Waals surface area contributed by atoms with Crippen LogP contribution in [-0.2, 0) is 20.9 Å². The Morgan fingerprint density at radius 2 is 1.66 bits per heavy atom. The Kier molecular flexibility index (Phi) is 7.37. The minimum Gasteiger partial charge on any atom is -0.472 e. The van der Waals surface area contributed by atoms with Gasteiger partial charge in [0.1, 0.15) is 6.61 Å². The zero-order valence-corrected chi connectivity index (χ0v) is 29.6. The molecule has 0 amide bonds. The number of hydrogen-bond acceptors (Lipinski definition) is 4. The van der Waals surface area contributed by atoms with Crippen LogP contribution in [0.2, 0.25) is 0 Å². The molecule has 5 nitrogen and oxygen atoms in total. The molecule has 5 heteroatoms. The van der Waals surface area contributed by atoms with Crippen LogP contribution in [0.4, 0.5) is 0 Å². The van der Waals surface area contributed by atoms with E-state index in [0.717, 1.165) is 62.5 Å². The topological polar surface area (TPSA) is 60.9 Å². The quantitative estimate of drug-likeness (QED) is 0.248. The van der Waals surface area contributed by atoms with Crippen LogP contribution in [0.5, 0.6) is 0 Å². The maximum Gasteiger partial charge on any atom is 0.313 e. The average Bonchev–Trinajstić information content (AvgIpc) is 3.57. The summed E-state index contributed by atoms with van der Waals surface area (Å²) >= 11 is 0. The summed E-state index contributed by atoms with van der Waals surface area (Å²) in [6.07, 6.45) is 11.8. The van der Waals surface area contributed by atoms with Gasteiger partial charge in [0.2, 0.25) is 5.78 Å². The fourth-order valence-electron chi connectivity index (χ4n) is 12.4. The van der Waals surface area contributed by atoms with Crippen molar-refractivity contribution in [3.63, 3.8) is 0 Å². The molecular formula is C42H53NO4. The second kappa shape index (κ2) is 10.7. The molecule has 0 bridgehead atoms. The predicted octanol–water partition coefficient (Wildman–Crippen LogP) is 10.1. The third-order valence-electron chi connectivity index (χ3n) is 15.1. The predicted molar refractivity (Wildman–Crippen MR) is 184 cm³/mol. The van der Waals surface area contributed by atoms with Gasteiger partial charge in [-0.05, 0) is 108 Å². The van der Waals surface area contributed by atoms with Gasteiger partial charge >= 0.3 is 5.97 Å². The second-order valence-electron chi connectivity index (χ2n) is 18.1. The Labute approximate surface area is 281 Å². The number of rotatable bonds is 4. The Morgan fingerprint density at radius 1 is 0.936 bits per heavy atom. The van der Waals surface area contributed by atoms with Gasteiger partial charge in [-0.3, -0.25) is 9.59 Å². The van der Waals surface area contributed by atoms with Crippen molar-refractivity contribution in [1.29, 1.82) is 0 Å². The molecule has 4 saturated carbocycles. The number of allylic oxidation sites excluding steroid dienone is 2. The highest BCUT2D eigenvalue weighted by Gasteiger charge is 2.72. The van der Waals surface area contributed by atoms with E-state index in [2.05, 4.69) is 59.4 Å². The average molecular weight is 636 g/mol. The van der Waals surface area contributed by atoms with E-state index in [0.29, 0.717) is 18.9 Å². The molecule has 1 heterocycles. The van der Waals surface area contributed by atoms with Crippen molar-refractivity contribution in [1.82, 2.24) is 0 Å². The molecule has 0 spiro atoms. The fraction of sp³-hybridized carbons (Fsp3) is 0.643. The van der Waals surface area contributed by atoms with Crippen LogP contribution in [0.3, 0.4) is 0 Å². The number of benzene rings is 1. The number of fused-ring (bicyclic) bond motifs is 7. The number of hydrogen-bond donors (Lipinski definition) is 0. The molecule has 0 saturated heterocycles. The number of carbonyl (C=O) groups excluding carboxylic acids is 2. The van der Waals surface area contributed by atoms with E-state index < -0.39 is 16.9 Å². The maximum atomic E-state index is 14.6. The molecule has 5 aliphatic rings. The Balaban J connectivity index is 1.38. The van der Waals surface area contributed by atoms with Crippen molar-refractivity contribution in [2.24, 2.45) is 50.2 Å². The van der Waals surface area contributed by atoms with E-state index in [1.165, 1.54) is 11.1 Å². The van der Waals surface area contributed by atoms with Gasteiger partial charge in [-0.25, -0.2) is 6.57 Å². The van der Waals surface area contributed by atoms with Gasteiger partial charge < -0.3 is 14.0 Å². The molecule has 0 aliphatic heterocycles. The van der Waals surface area contributed by atoms with Gasteiger partial charge in [0, 0.05) is 17.4 Å². The van der Waals surface area contributed by atoms with Crippen molar-refractivity contribution in [2.75, 3.05) is 0 Å². The lowest BCUT2D eigenvalue weighted by molar-refractivity contribution is -0.191. The lowest BCUT2D eigenvalue weighted by Gasteiger charge is -2.71. The molecule has 7 rings (SSSR count). The Hall–Kier alpha value is -3.13. The van der Waals surface area contributed by atoms with Crippen LogP contribution in [-0.4, -0.2) is 17.8 Å². The molecule has 8 atom stereocenters. The summed E-state index contributed by atoms with van der Waals surface area (Å²) in [6, 6.07) is 11.6. The zero-order valence-electron chi connectivity index (χ0n) is 29.6. The molecule has 2 unspecified atom stereocenters. The first-order valence-electron chi connectivity index (χ1n) is 18.0. The van der Waals surface area contributed by atoms with Gasteiger partial charge in [-0.1, -0.05) is 84.4 Å². The molecule has 1 aromatic heterocycles. The van der Waals surface area contributed by atoms with E-state index >= 15 is 0 Å². The highest BCUT2D eigenvalue weighted by molar-refractivity contribution is 5.92. The molecule has 5 aliphatic carbocycles. The van der Waals surface area contributed by atoms with Crippen LogP contribution in [0.15, 0.2) is 58.9 Å². The standard InChI is InChI=1S/C42H53NO4/c1-37(2)17-19-42(36(45)47-25-27-12-10-9-11-13-27)20-18-41(7)34(30(42)23-37)29(28-15-21-46-26-28)22-33-39(5)24-31(43-8)35(44)38(3,4)32(39)14-16-40(33,41)6/h9-13,15,21,26,30-33H,14,16-20,22-25H2,1-7H3/t30-,31?,32-,33?,39-,40+,41+,42-/m0/s1. The summed E-state index contributed by atoms with van der Waals surface area (Å²) in [5, 5.41) is 0. The number of furan rings is 1. The lowest BCUT2D eigenvalue weighted by atomic mass is 9.32. The number of esters is 1. The smallest absolute Gasteiger partial charge is 0.313 e. The molecule has 47 heavy (non-hydrogen) atoms. The number of Topliss-reactive ketones (excluding diaryl/α,β-unsaturated/α-hetero) is 1. The first-order valence-corrected chi connectivity index (χ1v) is 18.0. The van der Waals surface area contributed by atoms with Crippen LogP contribution >= 0.6 is 0 Å². The third kappa shape index (κ3) is 4.52. The lowest BCUT2D eigenvalue weighted by Crippen LogP contribution is -2.66. The summed E-state index contributed by atoms with van der Waals surface area (Å²) < 4.78 is 12.1. The number of nitrogens with zero attached hydrogens (tertiary/aromatic N) is 1. The van der Waals surface area contributed by atoms with Crippen molar-refractivity contribution in [3.8, 4) is 0 Å². The van der Waals surface area contributed by atoms with Crippen molar-refractivity contribution >= 4 is 17.3 Å².